The quantitative estimate of drug-likeness (QED) is 0.759. The fourth-order valence-electron chi connectivity index (χ4n) is 3.23. The minimum atomic E-state index is 0.291. The number of hydrogen-bond acceptors (Lipinski definition) is 6. The van der Waals surface area contributed by atoms with Crippen molar-refractivity contribution in [2.24, 2.45) is 4.99 Å². The van der Waals surface area contributed by atoms with Crippen molar-refractivity contribution in [3.8, 4) is 5.75 Å². The summed E-state index contributed by atoms with van der Waals surface area (Å²) in [6.45, 7) is 4.92. The number of phenolic OH excluding ortho intramolecular Hbond substituents is 1. The van der Waals surface area contributed by atoms with Crippen LogP contribution in [0.1, 0.15) is 5.56 Å². The van der Waals surface area contributed by atoms with Crippen LogP contribution < -0.4 is 15.5 Å². The third-order valence-electron chi connectivity index (χ3n) is 4.63. The highest BCUT2D eigenvalue weighted by Gasteiger charge is 2.18. The Morgan fingerprint density at radius 2 is 2.00 bits per heavy atom. The molecule has 1 atom stereocenters. The molecule has 27 heavy (non-hydrogen) atoms. The molecule has 0 aromatic heterocycles. The van der Waals surface area contributed by atoms with Gasteiger partial charge in [-0.15, -0.1) is 0 Å². The number of amidine groups is 1. The van der Waals surface area contributed by atoms with Crippen LogP contribution in [0, 0.1) is 0 Å². The van der Waals surface area contributed by atoms with E-state index in [4.69, 9.17) is 0 Å². The van der Waals surface area contributed by atoms with E-state index in [1.807, 2.05) is 18.2 Å². The molecular weight excluding hydrogens is 356 g/mol. The average Bonchev–Trinajstić information content (AvgIpc) is 3.15. The summed E-state index contributed by atoms with van der Waals surface area (Å²) in [5.74, 6) is 0.291. The van der Waals surface area contributed by atoms with Gasteiger partial charge in [0.2, 0.25) is 0 Å². The summed E-state index contributed by atoms with van der Waals surface area (Å²) >= 11 is 1.74. The first kappa shape index (κ1) is 17.9. The van der Waals surface area contributed by atoms with Gasteiger partial charge >= 0.3 is 0 Å². The van der Waals surface area contributed by atoms with E-state index in [0.29, 0.717) is 11.0 Å². The number of anilines is 2. The van der Waals surface area contributed by atoms with Gasteiger partial charge < -0.3 is 20.6 Å². The monoisotopic (exact) mass is 380 g/mol. The Morgan fingerprint density at radius 3 is 2.85 bits per heavy atom. The summed E-state index contributed by atoms with van der Waals surface area (Å²) in [6.07, 6.45) is 4.19. The second kappa shape index (κ2) is 8.50. The van der Waals surface area contributed by atoms with E-state index in [2.05, 4.69) is 50.9 Å². The Morgan fingerprint density at radius 1 is 1.15 bits per heavy atom. The Labute approximate surface area is 164 Å². The molecule has 0 saturated carbocycles. The molecule has 2 aromatic carbocycles. The number of thioether (sulfide) groups is 1. The van der Waals surface area contributed by atoms with Gasteiger partial charge in [0.1, 0.15) is 5.75 Å². The zero-order chi connectivity index (χ0) is 18.5. The molecule has 2 aromatic rings. The van der Waals surface area contributed by atoms with Crippen molar-refractivity contribution >= 4 is 34.4 Å². The van der Waals surface area contributed by atoms with E-state index in [0.717, 1.165) is 49.1 Å². The van der Waals surface area contributed by atoms with E-state index >= 15 is 0 Å². The molecular formula is C21H24N4OS. The first-order valence-corrected chi connectivity index (χ1v) is 10.2. The predicted molar refractivity (Wildman–Crippen MR) is 116 cm³/mol. The van der Waals surface area contributed by atoms with Gasteiger partial charge in [0, 0.05) is 37.6 Å². The summed E-state index contributed by atoms with van der Waals surface area (Å²) in [6, 6.07) is 15.8. The van der Waals surface area contributed by atoms with Crippen molar-refractivity contribution < 1.29 is 5.11 Å². The topological polar surface area (TPSA) is 59.9 Å². The number of nitrogens with zero attached hydrogens (tertiary/aromatic N) is 2. The first-order valence-electron chi connectivity index (χ1n) is 9.27. The second-order valence-corrected chi connectivity index (χ2v) is 7.90. The molecule has 0 bridgehead atoms. The SMILES string of the molecule is Oc1cccc(/C=C/C2CN=C(Nc3cccc(N4CCNCC4)c3)S2)c1. The van der Waals surface area contributed by atoms with Gasteiger partial charge in [-0.2, -0.15) is 0 Å². The molecule has 2 aliphatic rings. The summed E-state index contributed by atoms with van der Waals surface area (Å²) < 4.78 is 0. The Hall–Kier alpha value is -2.44. The molecule has 1 unspecified atom stereocenters. The highest BCUT2D eigenvalue weighted by Crippen LogP contribution is 2.26. The van der Waals surface area contributed by atoms with E-state index in [1.54, 1.807) is 23.9 Å². The van der Waals surface area contributed by atoms with Crippen molar-refractivity contribution in [1.29, 1.82) is 0 Å². The van der Waals surface area contributed by atoms with Crippen molar-refractivity contribution in [1.82, 2.24) is 5.32 Å². The van der Waals surface area contributed by atoms with E-state index < -0.39 is 0 Å². The molecule has 0 amide bonds. The van der Waals surface area contributed by atoms with E-state index in [-0.39, 0.29) is 0 Å². The van der Waals surface area contributed by atoms with Crippen LogP contribution in [-0.2, 0) is 0 Å². The summed E-state index contributed by atoms with van der Waals surface area (Å²) in [5, 5.41) is 17.7. The van der Waals surface area contributed by atoms with Crippen molar-refractivity contribution in [3.63, 3.8) is 0 Å². The summed E-state index contributed by atoms with van der Waals surface area (Å²) in [4.78, 5) is 7.04. The van der Waals surface area contributed by atoms with Crippen LogP contribution in [0.3, 0.4) is 0 Å². The van der Waals surface area contributed by atoms with Gasteiger partial charge in [0.05, 0.1) is 11.8 Å². The average molecular weight is 381 g/mol. The molecule has 0 radical (unpaired) electrons. The van der Waals surface area contributed by atoms with Crippen LogP contribution in [0.25, 0.3) is 6.08 Å². The fraction of sp³-hybridized carbons (Fsp3) is 0.286. The molecule has 1 saturated heterocycles. The molecule has 6 heteroatoms. The molecule has 3 N–H and O–H groups in total. The Kier molecular flexibility index (Phi) is 5.65. The molecule has 140 valence electrons. The number of nitrogens with one attached hydrogen (secondary N) is 2. The normalized spacial score (nSPS) is 20.1. The number of hydrogen-bond donors (Lipinski definition) is 3. The lowest BCUT2D eigenvalue weighted by molar-refractivity contribution is 0.475. The molecule has 0 spiro atoms. The third-order valence-corrected chi connectivity index (χ3v) is 5.69. The number of piperazine rings is 1. The molecule has 4 rings (SSSR count). The molecule has 5 nitrogen and oxygen atoms in total. The minimum Gasteiger partial charge on any atom is -0.508 e. The highest BCUT2D eigenvalue weighted by atomic mass is 32.2. The molecule has 2 heterocycles. The molecule has 1 fully saturated rings. The van der Waals surface area contributed by atoms with Crippen molar-refractivity contribution in [3.05, 3.63) is 60.2 Å². The van der Waals surface area contributed by atoms with E-state index in [9.17, 15) is 5.11 Å². The van der Waals surface area contributed by atoms with Crippen molar-refractivity contribution in [2.45, 2.75) is 5.25 Å². The van der Waals surface area contributed by atoms with Gasteiger partial charge in [-0.25, -0.2) is 0 Å². The smallest absolute Gasteiger partial charge is 0.161 e. The zero-order valence-electron chi connectivity index (χ0n) is 15.1. The largest absolute Gasteiger partial charge is 0.508 e. The lowest BCUT2D eigenvalue weighted by atomic mass is 10.2. The Balaban J connectivity index is 1.34. The maximum Gasteiger partial charge on any atom is 0.161 e. The van der Waals surface area contributed by atoms with Gasteiger partial charge in [-0.3, -0.25) is 4.99 Å². The van der Waals surface area contributed by atoms with Crippen LogP contribution in [-0.4, -0.2) is 48.2 Å². The standard InChI is InChI=1S/C21H24N4OS/c26-19-6-1-3-16(13-19)7-8-20-15-23-21(27-20)24-17-4-2-5-18(14-17)25-11-9-22-10-12-25/h1-8,13-14,20,22,26H,9-12,15H2,(H,23,24)/b8-7+. The van der Waals surface area contributed by atoms with Crippen LogP contribution >= 0.6 is 11.8 Å². The van der Waals surface area contributed by atoms with Gasteiger partial charge in [-0.05, 0) is 35.9 Å². The van der Waals surface area contributed by atoms with Gasteiger partial charge in [0.25, 0.3) is 0 Å². The lowest BCUT2D eigenvalue weighted by Gasteiger charge is -2.29. The Bertz CT molecular complexity index is 846. The summed E-state index contributed by atoms with van der Waals surface area (Å²) in [7, 11) is 0. The number of rotatable bonds is 4. The zero-order valence-corrected chi connectivity index (χ0v) is 16.0. The minimum absolute atomic E-state index is 0.291. The van der Waals surface area contributed by atoms with Crippen LogP contribution in [0.5, 0.6) is 5.75 Å². The maximum atomic E-state index is 9.55. The number of aromatic hydroxyl groups is 1. The summed E-state index contributed by atoms with van der Waals surface area (Å²) in [5.41, 5.74) is 3.33. The van der Waals surface area contributed by atoms with Crippen molar-refractivity contribution in [2.75, 3.05) is 42.9 Å². The van der Waals surface area contributed by atoms with Gasteiger partial charge in [-0.1, -0.05) is 42.1 Å². The predicted octanol–water partition coefficient (Wildman–Crippen LogP) is 3.40. The second-order valence-electron chi connectivity index (χ2n) is 6.67. The van der Waals surface area contributed by atoms with E-state index in [1.165, 1.54) is 5.69 Å². The maximum absolute atomic E-state index is 9.55. The lowest BCUT2D eigenvalue weighted by Crippen LogP contribution is -2.43. The van der Waals surface area contributed by atoms with Gasteiger partial charge in [0.15, 0.2) is 5.17 Å². The van der Waals surface area contributed by atoms with Crippen LogP contribution in [0.15, 0.2) is 59.6 Å². The number of benzene rings is 2. The number of aliphatic imine (C=N–C) groups is 1. The molecule has 0 aliphatic carbocycles. The first-order chi connectivity index (χ1) is 13.3. The number of phenols is 1. The van der Waals surface area contributed by atoms with Crippen LogP contribution in [0.4, 0.5) is 11.4 Å². The molecule has 2 aliphatic heterocycles. The third kappa shape index (κ3) is 4.84. The van der Waals surface area contributed by atoms with Crippen LogP contribution in [0.2, 0.25) is 0 Å². The fourth-order valence-corrected chi connectivity index (χ4v) is 4.15. The highest BCUT2D eigenvalue weighted by molar-refractivity contribution is 8.15.